The standard InChI is InChI=1S/C14H28N2O/c1-11-6-12(2)8-14(7-11,10-15)16-4-5-17-13(3)9-16/h11-13H,4-10,15H2,1-3H3. The monoisotopic (exact) mass is 240 g/mol. The quantitative estimate of drug-likeness (QED) is 0.800. The van der Waals surface area contributed by atoms with Crippen molar-refractivity contribution in [2.45, 2.75) is 51.7 Å². The summed E-state index contributed by atoms with van der Waals surface area (Å²) in [5.74, 6) is 1.61. The number of nitrogens with zero attached hydrogens (tertiary/aromatic N) is 1. The Morgan fingerprint density at radius 3 is 2.41 bits per heavy atom. The van der Waals surface area contributed by atoms with Gasteiger partial charge in [0.1, 0.15) is 0 Å². The summed E-state index contributed by atoms with van der Waals surface area (Å²) in [5.41, 5.74) is 6.40. The van der Waals surface area contributed by atoms with Crippen molar-refractivity contribution < 1.29 is 4.74 Å². The maximum atomic E-state index is 6.16. The molecule has 0 aromatic rings. The van der Waals surface area contributed by atoms with Crippen LogP contribution in [0.5, 0.6) is 0 Å². The first-order valence-electron chi connectivity index (χ1n) is 7.12. The third kappa shape index (κ3) is 2.83. The van der Waals surface area contributed by atoms with Crippen LogP contribution in [0.4, 0.5) is 0 Å². The number of nitrogens with two attached hydrogens (primary N) is 1. The van der Waals surface area contributed by atoms with Crippen LogP contribution in [0.3, 0.4) is 0 Å². The van der Waals surface area contributed by atoms with Crippen LogP contribution < -0.4 is 5.73 Å². The fourth-order valence-corrected chi connectivity index (χ4v) is 4.04. The summed E-state index contributed by atoms with van der Waals surface area (Å²) >= 11 is 0. The lowest BCUT2D eigenvalue weighted by Crippen LogP contribution is -2.61. The Balaban J connectivity index is 2.11. The largest absolute Gasteiger partial charge is 0.376 e. The molecule has 0 aromatic heterocycles. The van der Waals surface area contributed by atoms with Gasteiger partial charge in [0, 0.05) is 25.2 Å². The predicted octanol–water partition coefficient (Wildman–Crippen LogP) is 1.86. The Labute approximate surface area is 106 Å². The maximum absolute atomic E-state index is 6.16. The number of hydrogen-bond acceptors (Lipinski definition) is 3. The van der Waals surface area contributed by atoms with Crippen LogP contribution >= 0.6 is 0 Å². The van der Waals surface area contributed by atoms with Gasteiger partial charge >= 0.3 is 0 Å². The fraction of sp³-hybridized carbons (Fsp3) is 1.00. The van der Waals surface area contributed by atoms with E-state index in [4.69, 9.17) is 10.5 Å². The van der Waals surface area contributed by atoms with Gasteiger partial charge in [-0.1, -0.05) is 13.8 Å². The molecule has 1 heterocycles. The van der Waals surface area contributed by atoms with Gasteiger partial charge in [0.05, 0.1) is 12.7 Å². The molecule has 1 saturated heterocycles. The molecule has 0 spiro atoms. The van der Waals surface area contributed by atoms with E-state index < -0.39 is 0 Å². The van der Waals surface area contributed by atoms with Gasteiger partial charge in [0.15, 0.2) is 0 Å². The van der Waals surface area contributed by atoms with Crippen LogP contribution in [0.25, 0.3) is 0 Å². The normalized spacial score (nSPS) is 44.8. The molecule has 3 atom stereocenters. The molecule has 0 amide bonds. The van der Waals surface area contributed by atoms with E-state index in [1.807, 2.05) is 0 Å². The molecule has 0 bridgehead atoms. The summed E-state index contributed by atoms with van der Waals surface area (Å²) in [6, 6.07) is 0. The van der Waals surface area contributed by atoms with Crippen molar-refractivity contribution in [1.29, 1.82) is 0 Å². The van der Waals surface area contributed by atoms with E-state index in [1.165, 1.54) is 19.3 Å². The topological polar surface area (TPSA) is 38.5 Å². The molecule has 17 heavy (non-hydrogen) atoms. The van der Waals surface area contributed by atoms with Gasteiger partial charge in [-0.05, 0) is 38.0 Å². The zero-order valence-corrected chi connectivity index (χ0v) is 11.6. The van der Waals surface area contributed by atoms with E-state index in [0.29, 0.717) is 6.10 Å². The Morgan fingerprint density at radius 1 is 1.24 bits per heavy atom. The SMILES string of the molecule is CC1CC(C)CC(CN)(N2CCOC(C)C2)C1. The summed E-state index contributed by atoms with van der Waals surface area (Å²) in [4.78, 5) is 2.62. The lowest BCUT2D eigenvalue weighted by atomic mass is 9.70. The van der Waals surface area contributed by atoms with Gasteiger partial charge in [-0.2, -0.15) is 0 Å². The average molecular weight is 240 g/mol. The Kier molecular flexibility index (Phi) is 4.11. The molecule has 3 unspecified atom stereocenters. The van der Waals surface area contributed by atoms with Crippen molar-refractivity contribution >= 4 is 0 Å². The van der Waals surface area contributed by atoms with Gasteiger partial charge < -0.3 is 10.5 Å². The summed E-state index contributed by atoms with van der Waals surface area (Å²) in [7, 11) is 0. The molecule has 0 radical (unpaired) electrons. The van der Waals surface area contributed by atoms with Crippen LogP contribution in [0.2, 0.25) is 0 Å². The fourth-order valence-electron chi connectivity index (χ4n) is 4.04. The number of rotatable bonds is 2. The van der Waals surface area contributed by atoms with Crippen molar-refractivity contribution in [3.8, 4) is 0 Å². The van der Waals surface area contributed by atoms with Crippen LogP contribution in [0, 0.1) is 11.8 Å². The number of morpholine rings is 1. The lowest BCUT2D eigenvalue weighted by Gasteiger charge is -2.51. The first-order valence-corrected chi connectivity index (χ1v) is 7.12. The minimum absolute atomic E-state index is 0.245. The molecule has 1 aliphatic carbocycles. The third-order valence-electron chi connectivity index (χ3n) is 4.55. The van der Waals surface area contributed by atoms with Crippen molar-refractivity contribution in [2.75, 3.05) is 26.2 Å². The van der Waals surface area contributed by atoms with Crippen molar-refractivity contribution in [1.82, 2.24) is 4.90 Å². The van der Waals surface area contributed by atoms with E-state index >= 15 is 0 Å². The van der Waals surface area contributed by atoms with Crippen LogP contribution in [0.15, 0.2) is 0 Å². The summed E-state index contributed by atoms with van der Waals surface area (Å²) in [6.45, 7) is 10.7. The molecular weight excluding hydrogens is 212 g/mol. The molecule has 2 N–H and O–H groups in total. The third-order valence-corrected chi connectivity index (χ3v) is 4.55. The van der Waals surface area contributed by atoms with E-state index in [9.17, 15) is 0 Å². The van der Waals surface area contributed by atoms with Crippen molar-refractivity contribution in [3.05, 3.63) is 0 Å². The van der Waals surface area contributed by atoms with E-state index in [1.54, 1.807) is 0 Å². The minimum atomic E-state index is 0.245. The highest BCUT2D eigenvalue weighted by Crippen LogP contribution is 2.39. The highest BCUT2D eigenvalue weighted by atomic mass is 16.5. The molecule has 0 aromatic carbocycles. The molecule has 3 nitrogen and oxygen atoms in total. The van der Waals surface area contributed by atoms with Gasteiger partial charge in [0.2, 0.25) is 0 Å². The van der Waals surface area contributed by atoms with Crippen LogP contribution in [0.1, 0.15) is 40.0 Å². The minimum Gasteiger partial charge on any atom is -0.376 e. The molecule has 1 aliphatic heterocycles. The molecule has 100 valence electrons. The van der Waals surface area contributed by atoms with Gasteiger partial charge in [0.25, 0.3) is 0 Å². The molecule has 2 aliphatic rings. The highest BCUT2D eigenvalue weighted by molar-refractivity contribution is 4.98. The Bertz CT molecular complexity index is 247. The van der Waals surface area contributed by atoms with Crippen molar-refractivity contribution in [2.24, 2.45) is 17.6 Å². The Hall–Kier alpha value is -0.120. The molecule has 2 fully saturated rings. The lowest BCUT2D eigenvalue weighted by molar-refractivity contribution is -0.0810. The first-order chi connectivity index (χ1) is 8.05. The molecular formula is C14H28N2O. The second kappa shape index (κ2) is 5.25. The first kappa shape index (κ1) is 13.3. The number of hydrogen-bond donors (Lipinski definition) is 1. The van der Waals surface area contributed by atoms with Crippen molar-refractivity contribution in [3.63, 3.8) is 0 Å². The number of ether oxygens (including phenoxy) is 1. The molecule has 1 saturated carbocycles. The Morgan fingerprint density at radius 2 is 1.88 bits per heavy atom. The summed E-state index contributed by atoms with van der Waals surface area (Å²) in [5, 5.41) is 0. The smallest absolute Gasteiger partial charge is 0.0674 e. The van der Waals surface area contributed by atoms with E-state index in [0.717, 1.165) is 38.1 Å². The predicted molar refractivity (Wildman–Crippen MR) is 71.0 cm³/mol. The second-order valence-corrected chi connectivity index (χ2v) is 6.41. The molecule has 3 heteroatoms. The highest BCUT2D eigenvalue weighted by Gasteiger charge is 2.42. The second-order valence-electron chi connectivity index (χ2n) is 6.41. The summed E-state index contributed by atoms with van der Waals surface area (Å²) in [6.07, 6.45) is 4.25. The van der Waals surface area contributed by atoms with Crippen LogP contribution in [-0.2, 0) is 4.74 Å². The average Bonchev–Trinajstić information content (AvgIpc) is 2.27. The van der Waals surface area contributed by atoms with E-state index in [2.05, 4.69) is 25.7 Å². The van der Waals surface area contributed by atoms with Gasteiger partial charge in [-0.25, -0.2) is 0 Å². The molecule has 2 rings (SSSR count). The van der Waals surface area contributed by atoms with Gasteiger partial charge in [-0.15, -0.1) is 0 Å². The maximum Gasteiger partial charge on any atom is 0.0674 e. The summed E-state index contributed by atoms with van der Waals surface area (Å²) < 4.78 is 5.66. The van der Waals surface area contributed by atoms with E-state index in [-0.39, 0.29) is 5.54 Å². The zero-order chi connectivity index (χ0) is 12.5. The van der Waals surface area contributed by atoms with Gasteiger partial charge in [-0.3, -0.25) is 4.90 Å². The van der Waals surface area contributed by atoms with Crippen LogP contribution in [-0.4, -0.2) is 42.8 Å². The zero-order valence-electron chi connectivity index (χ0n) is 11.6.